The van der Waals surface area contributed by atoms with Gasteiger partial charge in [0.15, 0.2) is 18.7 Å². The van der Waals surface area contributed by atoms with Crippen LogP contribution in [0.3, 0.4) is 0 Å². The minimum absolute atomic E-state index is 0.159. The standard InChI is InChI=1S/C51H92O15/c1-3-5-7-9-11-13-15-17-19-21-23-25-27-29-31-33-42(53)61-36-39(64-43(54)34-32-30-28-26-24-22-20-18-16-14-12-10-8-6-4-2)37-62-50-49(60)47(58)45(56)41(66-50)38-63-51-48(59)46(57)44(55)40(35-52)65-51/h14,16,21,23,39-41,44-52,55-60H,3-13,15,17-20,22,24-38H2,1-2H3/b16-14+,23-21+/t39-,40-,41-,44+,45+,46?,47?,48?,49?,50-,51-/m1/s1. The largest absolute Gasteiger partial charge is 0.462 e. The van der Waals surface area contributed by atoms with E-state index in [2.05, 4.69) is 38.2 Å². The van der Waals surface area contributed by atoms with Crippen molar-refractivity contribution in [3.8, 4) is 0 Å². The maximum Gasteiger partial charge on any atom is 0.306 e. The Morgan fingerprint density at radius 2 is 0.864 bits per heavy atom. The zero-order valence-corrected chi connectivity index (χ0v) is 40.7. The first-order chi connectivity index (χ1) is 32.0. The van der Waals surface area contributed by atoms with Crippen LogP contribution in [0.15, 0.2) is 24.3 Å². The van der Waals surface area contributed by atoms with Crippen molar-refractivity contribution >= 4 is 11.9 Å². The number of allylic oxidation sites excluding steroid dienone is 4. The molecule has 0 spiro atoms. The second kappa shape index (κ2) is 38.8. The predicted octanol–water partition coefficient (Wildman–Crippen LogP) is 7.16. The SMILES string of the molecule is CCCCCC/C=C/CCCCCCCCCC(=O)O[C@H](COC(=O)CCCCC/C=C/CCCCCCCCCC)CO[C@@H]1O[C@H](CO[C@@H]2O[C@H](CO)[C@H](O)C(O)C2O)[C@H](O)C(O)C1O. The number of aliphatic hydroxyl groups excluding tert-OH is 7. The molecule has 0 aliphatic carbocycles. The van der Waals surface area contributed by atoms with Crippen LogP contribution in [0.25, 0.3) is 0 Å². The van der Waals surface area contributed by atoms with Crippen molar-refractivity contribution in [1.82, 2.24) is 0 Å². The van der Waals surface area contributed by atoms with Crippen LogP contribution in [0.5, 0.6) is 0 Å². The molecule has 15 nitrogen and oxygen atoms in total. The zero-order chi connectivity index (χ0) is 48.2. The molecule has 0 radical (unpaired) electrons. The van der Waals surface area contributed by atoms with Gasteiger partial charge in [0.25, 0.3) is 0 Å². The second-order valence-corrected chi connectivity index (χ2v) is 18.3. The summed E-state index contributed by atoms with van der Waals surface area (Å²) >= 11 is 0. The average molecular weight is 945 g/mol. The van der Waals surface area contributed by atoms with Gasteiger partial charge in [-0.15, -0.1) is 0 Å². The second-order valence-electron chi connectivity index (χ2n) is 18.3. The summed E-state index contributed by atoms with van der Waals surface area (Å²) in [5.74, 6) is -0.944. The van der Waals surface area contributed by atoms with Gasteiger partial charge in [-0.25, -0.2) is 0 Å². The van der Waals surface area contributed by atoms with Gasteiger partial charge in [-0.2, -0.15) is 0 Å². The van der Waals surface area contributed by atoms with E-state index in [0.29, 0.717) is 12.8 Å². The predicted molar refractivity (Wildman–Crippen MR) is 252 cm³/mol. The van der Waals surface area contributed by atoms with Crippen LogP contribution < -0.4 is 0 Å². The summed E-state index contributed by atoms with van der Waals surface area (Å²) in [5, 5.41) is 72.0. The Morgan fingerprint density at radius 3 is 1.36 bits per heavy atom. The van der Waals surface area contributed by atoms with E-state index in [9.17, 15) is 45.3 Å². The molecule has 15 heteroatoms. The summed E-state index contributed by atoms with van der Waals surface area (Å²) in [6.45, 7) is 2.56. The van der Waals surface area contributed by atoms with Gasteiger partial charge in [-0.05, 0) is 64.2 Å². The third-order valence-electron chi connectivity index (χ3n) is 12.4. The lowest BCUT2D eigenvalue weighted by Gasteiger charge is -2.42. The zero-order valence-electron chi connectivity index (χ0n) is 40.7. The Hall–Kier alpha value is -2.02. The fourth-order valence-electron chi connectivity index (χ4n) is 8.09. The molecule has 0 aromatic carbocycles. The van der Waals surface area contributed by atoms with Crippen molar-refractivity contribution in [2.24, 2.45) is 0 Å². The maximum atomic E-state index is 13.0. The fourth-order valence-corrected chi connectivity index (χ4v) is 8.09. The number of aliphatic hydroxyl groups is 7. The van der Waals surface area contributed by atoms with Crippen LogP contribution in [0.1, 0.15) is 194 Å². The van der Waals surface area contributed by atoms with Gasteiger partial charge >= 0.3 is 11.9 Å². The molecular formula is C51H92O15. The van der Waals surface area contributed by atoms with Crippen LogP contribution in [-0.4, -0.2) is 142 Å². The number of rotatable bonds is 40. The highest BCUT2D eigenvalue weighted by atomic mass is 16.7. The maximum absolute atomic E-state index is 13.0. The van der Waals surface area contributed by atoms with Crippen molar-refractivity contribution in [2.45, 2.75) is 261 Å². The third-order valence-corrected chi connectivity index (χ3v) is 12.4. The lowest BCUT2D eigenvalue weighted by molar-refractivity contribution is -0.332. The van der Waals surface area contributed by atoms with E-state index < -0.39 is 92.7 Å². The number of carbonyl (C=O) groups excluding carboxylic acids is 2. The van der Waals surface area contributed by atoms with Crippen LogP contribution in [0, 0.1) is 0 Å². The van der Waals surface area contributed by atoms with Gasteiger partial charge in [0.1, 0.15) is 55.4 Å². The van der Waals surface area contributed by atoms with Crippen LogP contribution in [0.4, 0.5) is 0 Å². The van der Waals surface area contributed by atoms with Gasteiger partial charge in [0.05, 0.1) is 19.8 Å². The monoisotopic (exact) mass is 945 g/mol. The van der Waals surface area contributed by atoms with Gasteiger partial charge in [0, 0.05) is 12.8 Å². The molecule has 2 heterocycles. The van der Waals surface area contributed by atoms with Crippen molar-refractivity contribution in [3.63, 3.8) is 0 Å². The summed E-state index contributed by atoms with van der Waals surface area (Å²) in [7, 11) is 0. The van der Waals surface area contributed by atoms with E-state index in [1.54, 1.807) is 0 Å². The number of unbranched alkanes of at least 4 members (excludes halogenated alkanes) is 22. The van der Waals surface area contributed by atoms with Crippen molar-refractivity contribution in [1.29, 1.82) is 0 Å². The molecule has 0 aromatic rings. The highest BCUT2D eigenvalue weighted by Crippen LogP contribution is 2.26. The lowest BCUT2D eigenvalue weighted by atomic mass is 9.98. The molecule has 0 bridgehead atoms. The topological polar surface area (TPSA) is 231 Å². The molecule has 66 heavy (non-hydrogen) atoms. The Bertz CT molecular complexity index is 1250. The summed E-state index contributed by atoms with van der Waals surface area (Å²) in [6, 6.07) is 0. The highest BCUT2D eigenvalue weighted by molar-refractivity contribution is 5.70. The van der Waals surface area contributed by atoms with Gasteiger partial charge in [-0.1, -0.05) is 141 Å². The minimum Gasteiger partial charge on any atom is -0.462 e. The first-order valence-corrected chi connectivity index (χ1v) is 25.9. The summed E-state index contributed by atoms with van der Waals surface area (Å²) in [4.78, 5) is 25.7. The average Bonchev–Trinajstić information content (AvgIpc) is 3.31. The first kappa shape index (κ1) is 60.1. The van der Waals surface area contributed by atoms with Gasteiger partial charge in [0.2, 0.25) is 0 Å². The molecule has 2 fully saturated rings. The Kier molecular flexibility index (Phi) is 35.3. The van der Waals surface area contributed by atoms with Crippen LogP contribution in [-0.2, 0) is 38.0 Å². The molecule has 2 aliphatic rings. The first-order valence-electron chi connectivity index (χ1n) is 25.9. The number of carbonyl (C=O) groups is 2. The summed E-state index contributed by atoms with van der Waals surface area (Å²) in [6.07, 6.45) is 22.0. The lowest BCUT2D eigenvalue weighted by Crippen LogP contribution is -2.61. The Morgan fingerprint density at radius 1 is 0.470 bits per heavy atom. The number of hydrogen-bond donors (Lipinski definition) is 7. The van der Waals surface area contributed by atoms with E-state index in [0.717, 1.165) is 57.8 Å². The third kappa shape index (κ3) is 26.7. The molecule has 4 unspecified atom stereocenters. The van der Waals surface area contributed by atoms with Gasteiger partial charge in [-0.3, -0.25) is 9.59 Å². The van der Waals surface area contributed by atoms with E-state index in [1.165, 1.54) is 96.3 Å². The van der Waals surface area contributed by atoms with E-state index in [4.69, 9.17) is 28.4 Å². The van der Waals surface area contributed by atoms with E-state index in [-0.39, 0.29) is 26.1 Å². The molecule has 2 rings (SSSR count). The van der Waals surface area contributed by atoms with Crippen molar-refractivity contribution in [2.75, 3.05) is 26.4 Å². The molecule has 0 saturated carbocycles. The molecule has 0 aromatic heterocycles. The Labute approximate surface area is 396 Å². The van der Waals surface area contributed by atoms with Gasteiger partial charge < -0.3 is 64.2 Å². The summed E-state index contributed by atoms with van der Waals surface area (Å²) < 4.78 is 33.6. The van der Waals surface area contributed by atoms with Crippen LogP contribution >= 0.6 is 0 Å². The number of hydrogen-bond acceptors (Lipinski definition) is 15. The smallest absolute Gasteiger partial charge is 0.306 e. The molecule has 0 amide bonds. The van der Waals surface area contributed by atoms with Crippen molar-refractivity contribution < 1.29 is 73.8 Å². The Balaban J connectivity index is 1.82. The molecule has 2 aliphatic heterocycles. The molecular weight excluding hydrogens is 853 g/mol. The minimum atomic E-state index is -1.77. The van der Waals surface area contributed by atoms with Crippen molar-refractivity contribution in [3.05, 3.63) is 24.3 Å². The van der Waals surface area contributed by atoms with E-state index in [1.807, 2.05) is 0 Å². The molecule has 11 atom stereocenters. The highest BCUT2D eigenvalue weighted by Gasteiger charge is 2.47. The van der Waals surface area contributed by atoms with E-state index >= 15 is 0 Å². The normalized spacial score (nSPS) is 26.3. The fraction of sp³-hybridized carbons (Fsp3) is 0.882. The number of ether oxygens (including phenoxy) is 6. The summed E-state index contributed by atoms with van der Waals surface area (Å²) in [5.41, 5.74) is 0. The molecule has 2 saturated heterocycles. The quantitative estimate of drug-likeness (QED) is 0.0184. The van der Waals surface area contributed by atoms with Crippen LogP contribution in [0.2, 0.25) is 0 Å². The molecule has 386 valence electrons. The number of esters is 2. The molecule has 7 N–H and O–H groups in total.